The van der Waals surface area contributed by atoms with Gasteiger partial charge in [0.1, 0.15) is 17.1 Å². The summed E-state index contributed by atoms with van der Waals surface area (Å²) in [6, 6.07) is 0. The van der Waals surface area contributed by atoms with Crippen molar-refractivity contribution in [3.63, 3.8) is 0 Å². The normalized spacial score (nSPS) is 30.3. The second-order valence-electron chi connectivity index (χ2n) is 8.88. The van der Waals surface area contributed by atoms with Crippen molar-refractivity contribution in [1.82, 2.24) is 15.2 Å². The SMILES string of the molecule is Cc1noc(C)c1S(=O)(=O)NCC(=O)OCC(=O)NC12CC3CC(CC(C3)C1)C2. The first kappa shape index (κ1) is 20.3. The molecule has 0 aliphatic heterocycles. The molecule has 0 unspecified atom stereocenters. The van der Waals surface area contributed by atoms with Crippen molar-refractivity contribution in [3.8, 4) is 0 Å². The van der Waals surface area contributed by atoms with Crippen LogP contribution in [0.3, 0.4) is 0 Å². The Kier molecular flexibility index (Phi) is 5.18. The van der Waals surface area contributed by atoms with Gasteiger partial charge in [-0.05, 0) is 70.1 Å². The molecule has 9 nitrogen and oxygen atoms in total. The quantitative estimate of drug-likeness (QED) is 0.628. The first-order valence-electron chi connectivity index (χ1n) is 10.0. The molecule has 4 saturated carbocycles. The summed E-state index contributed by atoms with van der Waals surface area (Å²) >= 11 is 0. The molecule has 1 aromatic rings. The molecule has 0 radical (unpaired) electrons. The predicted molar refractivity (Wildman–Crippen MR) is 101 cm³/mol. The predicted octanol–water partition coefficient (Wildman–Crippen LogP) is 1.20. The van der Waals surface area contributed by atoms with Crippen molar-refractivity contribution in [2.75, 3.05) is 13.2 Å². The summed E-state index contributed by atoms with van der Waals surface area (Å²) in [5.41, 5.74) is 0.0571. The number of hydrogen-bond acceptors (Lipinski definition) is 7. The monoisotopic (exact) mass is 425 g/mol. The number of nitrogens with zero attached hydrogens (tertiary/aromatic N) is 1. The minimum absolute atomic E-state index is 0.0927. The number of aryl methyl sites for hydroxylation is 2. The maximum Gasteiger partial charge on any atom is 0.321 e. The van der Waals surface area contributed by atoms with Crippen LogP contribution in [-0.2, 0) is 24.3 Å². The van der Waals surface area contributed by atoms with E-state index in [0.717, 1.165) is 19.3 Å². The van der Waals surface area contributed by atoms with Gasteiger partial charge in [0.05, 0.1) is 0 Å². The van der Waals surface area contributed by atoms with Crippen molar-refractivity contribution in [2.24, 2.45) is 17.8 Å². The van der Waals surface area contributed by atoms with Gasteiger partial charge in [-0.25, -0.2) is 8.42 Å². The largest absolute Gasteiger partial charge is 0.455 e. The van der Waals surface area contributed by atoms with E-state index in [0.29, 0.717) is 17.8 Å². The number of ether oxygens (including phenoxy) is 1. The van der Waals surface area contributed by atoms with E-state index in [1.165, 1.54) is 33.1 Å². The van der Waals surface area contributed by atoms with Crippen molar-refractivity contribution in [3.05, 3.63) is 11.5 Å². The van der Waals surface area contributed by atoms with E-state index < -0.39 is 29.1 Å². The molecule has 4 bridgehead atoms. The van der Waals surface area contributed by atoms with Gasteiger partial charge in [-0.3, -0.25) is 9.59 Å². The molecule has 0 spiro atoms. The molecule has 10 heteroatoms. The zero-order chi connectivity index (χ0) is 20.8. The van der Waals surface area contributed by atoms with Crippen LogP contribution in [-0.4, -0.2) is 44.1 Å². The zero-order valence-corrected chi connectivity index (χ0v) is 17.5. The molecule has 160 valence electrons. The van der Waals surface area contributed by atoms with Gasteiger partial charge in [0.15, 0.2) is 12.4 Å². The molecule has 0 atom stereocenters. The highest BCUT2D eigenvalue weighted by atomic mass is 32.2. The lowest BCUT2D eigenvalue weighted by Crippen LogP contribution is -2.60. The van der Waals surface area contributed by atoms with Gasteiger partial charge in [0.25, 0.3) is 5.91 Å². The number of sulfonamides is 1. The summed E-state index contributed by atoms with van der Waals surface area (Å²) in [4.78, 5) is 24.2. The number of aromatic nitrogens is 1. The maximum atomic E-state index is 12.4. The maximum absolute atomic E-state index is 12.4. The number of carbonyl (C=O) groups is 2. The Morgan fingerprint density at radius 3 is 2.24 bits per heavy atom. The number of hydrogen-bond donors (Lipinski definition) is 2. The van der Waals surface area contributed by atoms with Crippen LogP contribution >= 0.6 is 0 Å². The van der Waals surface area contributed by atoms with E-state index in [9.17, 15) is 18.0 Å². The molecule has 0 aromatic carbocycles. The highest BCUT2D eigenvalue weighted by Gasteiger charge is 2.51. The lowest BCUT2D eigenvalue weighted by atomic mass is 9.53. The van der Waals surface area contributed by atoms with Gasteiger partial charge in [-0.2, -0.15) is 4.72 Å². The first-order chi connectivity index (χ1) is 13.7. The number of esters is 1. The van der Waals surface area contributed by atoms with E-state index in [-0.39, 0.29) is 27.8 Å². The molecule has 4 fully saturated rings. The van der Waals surface area contributed by atoms with Crippen LogP contribution in [0.5, 0.6) is 0 Å². The van der Waals surface area contributed by atoms with Crippen LogP contribution in [0.15, 0.2) is 9.42 Å². The van der Waals surface area contributed by atoms with Gasteiger partial charge in [-0.15, -0.1) is 0 Å². The highest BCUT2D eigenvalue weighted by molar-refractivity contribution is 7.89. The minimum Gasteiger partial charge on any atom is -0.455 e. The Labute approximate surface area is 170 Å². The number of carbonyl (C=O) groups excluding carboxylic acids is 2. The third kappa shape index (κ3) is 4.18. The Balaban J connectivity index is 1.25. The Hall–Kier alpha value is -1.94. The summed E-state index contributed by atoms with van der Waals surface area (Å²) < 4.78 is 36.6. The van der Waals surface area contributed by atoms with Crippen molar-refractivity contribution < 1.29 is 27.3 Å². The average Bonchev–Trinajstić information content (AvgIpc) is 2.96. The van der Waals surface area contributed by atoms with E-state index in [4.69, 9.17) is 9.26 Å². The van der Waals surface area contributed by atoms with Gasteiger partial charge in [0.2, 0.25) is 10.0 Å². The molecule has 29 heavy (non-hydrogen) atoms. The molecule has 5 rings (SSSR count). The molecule has 1 heterocycles. The molecule has 2 N–H and O–H groups in total. The molecule has 1 aromatic heterocycles. The molecule has 4 aliphatic carbocycles. The summed E-state index contributed by atoms with van der Waals surface area (Å²) in [7, 11) is -3.96. The van der Waals surface area contributed by atoms with Crippen LogP contribution in [0, 0.1) is 31.6 Å². The van der Waals surface area contributed by atoms with E-state index in [2.05, 4.69) is 15.2 Å². The third-order valence-corrected chi connectivity index (χ3v) is 8.09. The fourth-order valence-electron chi connectivity index (χ4n) is 5.88. The summed E-state index contributed by atoms with van der Waals surface area (Å²) in [5, 5.41) is 6.71. The fraction of sp³-hybridized carbons (Fsp3) is 0.737. The Morgan fingerprint density at radius 1 is 1.14 bits per heavy atom. The smallest absolute Gasteiger partial charge is 0.321 e. The van der Waals surface area contributed by atoms with Crippen molar-refractivity contribution >= 4 is 21.9 Å². The molecular weight excluding hydrogens is 398 g/mol. The first-order valence-corrected chi connectivity index (χ1v) is 11.5. The van der Waals surface area contributed by atoms with Crippen LogP contribution < -0.4 is 10.0 Å². The van der Waals surface area contributed by atoms with Gasteiger partial charge >= 0.3 is 5.97 Å². The second kappa shape index (κ2) is 7.39. The van der Waals surface area contributed by atoms with E-state index in [1.54, 1.807) is 0 Å². The topological polar surface area (TPSA) is 128 Å². The lowest BCUT2D eigenvalue weighted by molar-refractivity contribution is -0.149. The summed E-state index contributed by atoms with van der Waals surface area (Å²) in [6.07, 6.45) is 6.85. The average molecular weight is 426 g/mol. The highest BCUT2D eigenvalue weighted by Crippen LogP contribution is 2.55. The van der Waals surface area contributed by atoms with E-state index in [1.807, 2.05) is 0 Å². The summed E-state index contributed by atoms with van der Waals surface area (Å²) in [6.45, 7) is 1.99. The lowest BCUT2D eigenvalue weighted by Gasteiger charge is -2.56. The van der Waals surface area contributed by atoms with Crippen molar-refractivity contribution in [2.45, 2.75) is 62.8 Å². The standard InChI is InChI=1S/C19H27N3O6S/c1-11-18(12(2)28-22-11)29(25,26)20-9-17(24)27-10-16(23)21-19-6-13-3-14(7-19)5-15(4-13)8-19/h13-15,20H,3-10H2,1-2H3,(H,21,23). The molecule has 1 amide bonds. The van der Waals surface area contributed by atoms with Gasteiger partial charge in [-0.1, -0.05) is 5.16 Å². The summed E-state index contributed by atoms with van der Waals surface area (Å²) in [5.74, 6) is 1.08. The van der Waals surface area contributed by atoms with Crippen LogP contribution in [0.1, 0.15) is 50.0 Å². The second-order valence-corrected chi connectivity index (χ2v) is 10.6. The van der Waals surface area contributed by atoms with Crippen molar-refractivity contribution in [1.29, 1.82) is 0 Å². The molecular formula is C19H27N3O6S. The van der Waals surface area contributed by atoms with Gasteiger partial charge in [0, 0.05) is 5.54 Å². The Bertz CT molecular complexity index is 868. The van der Waals surface area contributed by atoms with E-state index >= 15 is 0 Å². The molecule has 4 aliphatic rings. The van der Waals surface area contributed by atoms with Crippen LogP contribution in [0.2, 0.25) is 0 Å². The zero-order valence-electron chi connectivity index (χ0n) is 16.7. The van der Waals surface area contributed by atoms with Gasteiger partial charge < -0.3 is 14.6 Å². The van der Waals surface area contributed by atoms with Crippen LogP contribution in [0.25, 0.3) is 0 Å². The fourth-order valence-corrected chi connectivity index (χ4v) is 7.17. The number of amides is 1. The van der Waals surface area contributed by atoms with Crippen LogP contribution in [0.4, 0.5) is 0 Å². The number of nitrogens with one attached hydrogen (secondary N) is 2. The minimum atomic E-state index is -3.96. The Morgan fingerprint density at radius 2 is 1.72 bits per heavy atom. The third-order valence-electron chi connectivity index (χ3n) is 6.45. The molecule has 0 saturated heterocycles. The number of rotatable bonds is 7.